The lowest BCUT2D eigenvalue weighted by molar-refractivity contribution is 0.321. The molecule has 0 bridgehead atoms. The van der Waals surface area contributed by atoms with Crippen LogP contribution >= 0.6 is 27.7 Å². The molecule has 1 aromatic rings. The first kappa shape index (κ1) is 10.2. The molecule has 2 aliphatic rings. The molecule has 82 valence electrons. The molecule has 0 radical (unpaired) electrons. The van der Waals surface area contributed by atoms with Gasteiger partial charge < -0.3 is 4.90 Å². The summed E-state index contributed by atoms with van der Waals surface area (Å²) in [5, 5.41) is 8.70. The molecule has 0 saturated heterocycles. The zero-order valence-corrected chi connectivity index (χ0v) is 11.1. The van der Waals surface area contributed by atoms with Crippen molar-refractivity contribution < 1.29 is 0 Å². The molecule has 0 aliphatic carbocycles. The fourth-order valence-corrected chi connectivity index (χ4v) is 3.33. The van der Waals surface area contributed by atoms with Crippen LogP contribution in [0.4, 0.5) is 0 Å². The summed E-state index contributed by atoms with van der Waals surface area (Å²) in [7, 11) is 2.03. The Morgan fingerprint density at radius 2 is 2.06 bits per heavy atom. The van der Waals surface area contributed by atoms with Gasteiger partial charge in [0.05, 0.1) is 5.70 Å². The average Bonchev–Trinajstić information content (AvgIpc) is 2.83. The van der Waals surface area contributed by atoms with Crippen molar-refractivity contribution in [2.45, 2.75) is 5.50 Å². The topological polar surface area (TPSA) is 18.8 Å². The first-order valence-corrected chi connectivity index (χ1v) is 6.68. The number of nitrogens with zero attached hydrogens (tertiary/aromatic N) is 3. The molecular formula is C11H10BrN3S. The highest BCUT2D eigenvalue weighted by molar-refractivity contribution is 9.18. The van der Waals surface area contributed by atoms with Gasteiger partial charge in [-0.1, -0.05) is 42.1 Å². The van der Waals surface area contributed by atoms with Crippen molar-refractivity contribution in [3.8, 4) is 0 Å². The van der Waals surface area contributed by atoms with Crippen molar-refractivity contribution in [3.05, 3.63) is 41.3 Å². The number of halogens is 1. The molecule has 0 saturated carbocycles. The number of benzene rings is 1. The second-order valence-corrected chi connectivity index (χ2v) is 5.29. The summed E-state index contributed by atoms with van der Waals surface area (Å²) in [4.78, 5) is 2.11. The lowest BCUT2D eigenvalue weighted by atomic mass is 10.2. The van der Waals surface area contributed by atoms with Crippen molar-refractivity contribution in [1.82, 2.24) is 9.91 Å². The SMILES string of the molecule is CN1C(Br)=NN2C(c3ccccc3)=CSC12. The molecule has 3 nitrogen and oxygen atoms in total. The van der Waals surface area contributed by atoms with Crippen LogP contribution in [0.5, 0.6) is 0 Å². The van der Waals surface area contributed by atoms with Crippen molar-refractivity contribution >= 4 is 38.1 Å². The molecule has 1 aromatic carbocycles. The largest absolute Gasteiger partial charge is 0.321 e. The first-order valence-electron chi connectivity index (χ1n) is 4.94. The van der Waals surface area contributed by atoms with Crippen LogP contribution in [0.15, 0.2) is 40.8 Å². The van der Waals surface area contributed by atoms with E-state index >= 15 is 0 Å². The van der Waals surface area contributed by atoms with Crippen LogP contribution in [-0.2, 0) is 0 Å². The van der Waals surface area contributed by atoms with E-state index in [0.29, 0.717) is 0 Å². The maximum atomic E-state index is 4.49. The van der Waals surface area contributed by atoms with Crippen LogP contribution in [0, 0.1) is 0 Å². The van der Waals surface area contributed by atoms with Gasteiger partial charge in [-0.2, -0.15) is 0 Å². The molecule has 2 heterocycles. The van der Waals surface area contributed by atoms with E-state index < -0.39 is 0 Å². The molecule has 1 atom stereocenters. The van der Waals surface area contributed by atoms with Gasteiger partial charge in [-0.15, -0.1) is 5.10 Å². The second kappa shape index (κ2) is 3.82. The summed E-state index contributed by atoms with van der Waals surface area (Å²) in [6.45, 7) is 0. The maximum Gasteiger partial charge on any atom is 0.194 e. The smallest absolute Gasteiger partial charge is 0.194 e. The minimum Gasteiger partial charge on any atom is -0.321 e. The monoisotopic (exact) mass is 295 g/mol. The molecule has 16 heavy (non-hydrogen) atoms. The molecule has 0 fully saturated rings. The third-order valence-corrected chi connectivity index (χ3v) is 4.48. The molecule has 2 aliphatic heterocycles. The summed E-state index contributed by atoms with van der Waals surface area (Å²) in [6.07, 6.45) is 0. The fourth-order valence-electron chi connectivity index (χ4n) is 1.77. The summed E-state index contributed by atoms with van der Waals surface area (Å²) in [5.41, 5.74) is 2.62. The quantitative estimate of drug-likeness (QED) is 0.743. The zero-order chi connectivity index (χ0) is 11.1. The predicted molar refractivity (Wildman–Crippen MR) is 71.8 cm³/mol. The van der Waals surface area contributed by atoms with Crippen LogP contribution < -0.4 is 0 Å². The third kappa shape index (κ3) is 1.46. The van der Waals surface area contributed by atoms with E-state index in [9.17, 15) is 0 Å². The van der Waals surface area contributed by atoms with Crippen LogP contribution in [0.25, 0.3) is 5.70 Å². The third-order valence-electron chi connectivity index (χ3n) is 2.64. The van der Waals surface area contributed by atoms with Gasteiger partial charge in [-0.25, -0.2) is 5.01 Å². The van der Waals surface area contributed by atoms with Crippen LogP contribution in [0.3, 0.4) is 0 Å². The molecule has 3 rings (SSSR count). The second-order valence-electron chi connectivity index (χ2n) is 3.66. The predicted octanol–water partition coefficient (Wildman–Crippen LogP) is 2.93. The lowest BCUT2D eigenvalue weighted by Crippen LogP contribution is -2.31. The number of fused-ring (bicyclic) bond motifs is 1. The van der Waals surface area contributed by atoms with Gasteiger partial charge in [0.2, 0.25) is 0 Å². The number of hydrazone groups is 1. The summed E-state index contributed by atoms with van der Waals surface area (Å²) in [6, 6.07) is 10.3. The van der Waals surface area contributed by atoms with Crippen molar-refractivity contribution in [2.24, 2.45) is 5.10 Å². The maximum absolute atomic E-state index is 4.49. The summed E-state index contributed by atoms with van der Waals surface area (Å²) < 4.78 is 0.881. The van der Waals surface area contributed by atoms with Crippen LogP contribution in [0.2, 0.25) is 0 Å². The van der Waals surface area contributed by atoms with Crippen molar-refractivity contribution in [1.29, 1.82) is 0 Å². The normalized spacial score (nSPS) is 23.2. The summed E-state index contributed by atoms with van der Waals surface area (Å²) >= 11 is 5.23. The minimum atomic E-state index is 0.254. The Morgan fingerprint density at radius 1 is 1.31 bits per heavy atom. The van der Waals surface area contributed by atoms with Crippen molar-refractivity contribution in [3.63, 3.8) is 0 Å². The van der Waals surface area contributed by atoms with Crippen molar-refractivity contribution in [2.75, 3.05) is 7.05 Å². The van der Waals surface area contributed by atoms with Gasteiger partial charge in [0.25, 0.3) is 0 Å². The molecule has 5 heteroatoms. The van der Waals surface area contributed by atoms with Crippen LogP contribution in [0.1, 0.15) is 5.56 Å². The molecule has 0 aromatic heterocycles. The number of hydrogen-bond donors (Lipinski definition) is 0. The van der Waals surface area contributed by atoms with E-state index in [-0.39, 0.29) is 5.50 Å². The van der Waals surface area contributed by atoms with E-state index in [1.54, 1.807) is 11.8 Å². The molecular weight excluding hydrogens is 286 g/mol. The van der Waals surface area contributed by atoms with E-state index in [1.165, 1.54) is 5.56 Å². The number of rotatable bonds is 1. The molecule has 0 spiro atoms. The number of hydrogen-bond acceptors (Lipinski definition) is 4. The Kier molecular flexibility index (Phi) is 2.44. The molecule has 1 unspecified atom stereocenters. The van der Waals surface area contributed by atoms with Gasteiger partial charge in [-0.3, -0.25) is 0 Å². The standard InChI is InChI=1S/C11H10BrN3S/c1-14-10(12)13-15-9(7-16-11(14)15)8-5-3-2-4-6-8/h2-7,11H,1H3. The molecule has 0 amide bonds. The first-order chi connectivity index (χ1) is 7.77. The van der Waals surface area contributed by atoms with E-state index in [4.69, 9.17) is 0 Å². The van der Waals surface area contributed by atoms with Gasteiger partial charge in [-0.05, 0) is 15.9 Å². The van der Waals surface area contributed by atoms with Gasteiger partial charge in [0.15, 0.2) is 10.2 Å². The van der Waals surface area contributed by atoms with E-state index in [0.717, 1.165) is 10.4 Å². The van der Waals surface area contributed by atoms with E-state index in [1.807, 2.05) is 30.3 Å². The summed E-state index contributed by atoms with van der Waals surface area (Å²) in [5.74, 6) is 0. The number of amidine groups is 1. The highest BCUT2D eigenvalue weighted by Crippen LogP contribution is 2.41. The minimum absolute atomic E-state index is 0.254. The van der Waals surface area contributed by atoms with Gasteiger partial charge in [0, 0.05) is 18.0 Å². The Morgan fingerprint density at radius 3 is 2.81 bits per heavy atom. The fraction of sp³-hybridized carbons (Fsp3) is 0.182. The van der Waals surface area contributed by atoms with E-state index in [2.05, 4.69) is 43.5 Å². The molecule has 0 N–H and O–H groups in total. The Balaban J connectivity index is 1.96. The van der Waals surface area contributed by atoms with Gasteiger partial charge >= 0.3 is 0 Å². The Labute approximate surface area is 107 Å². The lowest BCUT2D eigenvalue weighted by Gasteiger charge is -2.22. The Hall–Kier alpha value is -0.940. The van der Waals surface area contributed by atoms with Crippen LogP contribution in [-0.4, -0.2) is 27.2 Å². The number of thioether (sulfide) groups is 1. The highest BCUT2D eigenvalue weighted by atomic mass is 79.9. The average molecular weight is 296 g/mol. The highest BCUT2D eigenvalue weighted by Gasteiger charge is 2.37. The zero-order valence-electron chi connectivity index (χ0n) is 8.67. The Bertz CT molecular complexity index is 471. The van der Waals surface area contributed by atoms with Gasteiger partial charge in [0.1, 0.15) is 0 Å².